The molecule has 1 fully saturated rings. The number of ether oxygens (including phenoxy) is 1. The zero-order chi connectivity index (χ0) is 22.8. The molecule has 3 rings (SSSR count). The molecule has 0 aromatic heterocycles. The van der Waals surface area contributed by atoms with Gasteiger partial charge in [-0.25, -0.2) is 13.2 Å². The molecule has 1 unspecified atom stereocenters. The van der Waals surface area contributed by atoms with E-state index < -0.39 is 29.3 Å². The molecule has 1 heterocycles. The normalized spacial score (nSPS) is 23.2. The molecule has 1 saturated heterocycles. The van der Waals surface area contributed by atoms with Crippen LogP contribution < -0.4 is 4.74 Å². The summed E-state index contributed by atoms with van der Waals surface area (Å²) in [6, 6.07) is 8.57. The van der Waals surface area contributed by atoms with Gasteiger partial charge in [0.15, 0.2) is 11.6 Å². The minimum Gasteiger partial charge on any atom is -0.497 e. The number of piperidine rings is 1. The topological polar surface area (TPSA) is 56.2 Å². The van der Waals surface area contributed by atoms with Crippen molar-refractivity contribution in [2.45, 2.75) is 24.7 Å². The van der Waals surface area contributed by atoms with Crippen molar-refractivity contribution < 1.29 is 28.1 Å². The van der Waals surface area contributed by atoms with Crippen LogP contribution >= 0.6 is 0 Å². The van der Waals surface area contributed by atoms with Crippen molar-refractivity contribution in [2.75, 3.05) is 40.8 Å². The molecule has 0 saturated carbocycles. The van der Waals surface area contributed by atoms with E-state index in [1.807, 2.05) is 43.3 Å². The highest BCUT2D eigenvalue weighted by Crippen LogP contribution is 2.39. The maximum atomic E-state index is 14.0. The Labute approximate surface area is 180 Å². The smallest absolute Gasteiger partial charge is 0.161 e. The molecular weight excluding hydrogens is 409 g/mol. The van der Waals surface area contributed by atoms with Crippen LogP contribution in [0.2, 0.25) is 0 Å². The third-order valence-corrected chi connectivity index (χ3v) is 5.98. The van der Waals surface area contributed by atoms with E-state index in [4.69, 9.17) is 4.74 Å². The maximum Gasteiger partial charge on any atom is 0.161 e. The largest absolute Gasteiger partial charge is 0.497 e. The second-order valence-corrected chi connectivity index (χ2v) is 8.40. The Balaban J connectivity index is 1.81. The van der Waals surface area contributed by atoms with Gasteiger partial charge in [-0.05, 0) is 49.8 Å². The first-order chi connectivity index (χ1) is 14.6. The minimum absolute atomic E-state index is 0.0933. The van der Waals surface area contributed by atoms with Crippen molar-refractivity contribution in [2.24, 2.45) is 5.92 Å². The first-order valence-corrected chi connectivity index (χ1v) is 10.2. The molecule has 170 valence electrons. The third kappa shape index (κ3) is 5.20. The average Bonchev–Trinajstić information content (AvgIpc) is 2.73. The Morgan fingerprint density at radius 2 is 1.87 bits per heavy atom. The summed E-state index contributed by atoms with van der Waals surface area (Å²) in [4.78, 5) is 3.70. The Kier molecular flexibility index (Phi) is 7.26. The van der Waals surface area contributed by atoms with Gasteiger partial charge >= 0.3 is 0 Å². The summed E-state index contributed by atoms with van der Waals surface area (Å²) in [5.74, 6) is -2.92. The van der Waals surface area contributed by atoms with Crippen molar-refractivity contribution in [3.8, 4) is 5.75 Å². The fourth-order valence-electron chi connectivity index (χ4n) is 4.28. The van der Waals surface area contributed by atoms with E-state index in [2.05, 4.69) is 0 Å². The van der Waals surface area contributed by atoms with Gasteiger partial charge < -0.3 is 19.8 Å². The Hall–Kier alpha value is -2.13. The van der Waals surface area contributed by atoms with E-state index in [9.17, 15) is 23.4 Å². The number of hydrogen-bond donors (Lipinski definition) is 2. The lowest BCUT2D eigenvalue weighted by Crippen LogP contribution is -2.55. The molecule has 2 N–H and O–H groups in total. The van der Waals surface area contributed by atoms with Gasteiger partial charge in [0.1, 0.15) is 17.8 Å². The molecule has 0 bridgehead atoms. The number of methoxy groups -OCH3 is 1. The van der Waals surface area contributed by atoms with E-state index in [0.29, 0.717) is 37.9 Å². The standard InChI is InChI=1S/C23H29F3N2O3/c1-27(2)13-17-14-28(22(29)10-15-9-20(25)21(26)12-19(15)24)8-7-23(17,30)16-5-4-6-18(11-16)31-3/h4-6,9,11-12,17,22,29-30H,7-8,10,13-14H2,1-3H3/t17-,22?,23-/m0/s1. The van der Waals surface area contributed by atoms with Gasteiger partial charge in [0.05, 0.1) is 12.7 Å². The number of likely N-dealkylation sites (tertiary alicyclic amines) is 1. The third-order valence-electron chi connectivity index (χ3n) is 5.98. The SMILES string of the molecule is COc1cccc([C@@]2(O)CCN(C(O)Cc3cc(F)c(F)cc3F)C[C@@H]2CN(C)C)c1. The van der Waals surface area contributed by atoms with Gasteiger partial charge in [-0.1, -0.05) is 12.1 Å². The van der Waals surface area contributed by atoms with Crippen molar-refractivity contribution in [1.82, 2.24) is 9.80 Å². The molecule has 0 aliphatic carbocycles. The summed E-state index contributed by atoms with van der Waals surface area (Å²) in [6.07, 6.45) is -0.940. The monoisotopic (exact) mass is 438 g/mol. The number of aliphatic hydroxyl groups excluding tert-OH is 1. The Morgan fingerprint density at radius 3 is 2.55 bits per heavy atom. The van der Waals surface area contributed by atoms with Crippen LogP contribution in [0.15, 0.2) is 36.4 Å². The molecule has 31 heavy (non-hydrogen) atoms. The van der Waals surface area contributed by atoms with Gasteiger partial charge in [-0.3, -0.25) is 4.90 Å². The molecular formula is C23H29F3N2O3. The molecule has 3 atom stereocenters. The summed E-state index contributed by atoms with van der Waals surface area (Å²) in [5, 5.41) is 22.3. The van der Waals surface area contributed by atoms with E-state index in [1.54, 1.807) is 12.0 Å². The fraction of sp³-hybridized carbons (Fsp3) is 0.478. The van der Waals surface area contributed by atoms with E-state index >= 15 is 0 Å². The van der Waals surface area contributed by atoms with E-state index in [0.717, 1.165) is 11.6 Å². The van der Waals surface area contributed by atoms with Crippen LogP contribution in [0.25, 0.3) is 0 Å². The highest BCUT2D eigenvalue weighted by molar-refractivity contribution is 5.33. The summed E-state index contributed by atoms with van der Waals surface area (Å²) < 4.78 is 46.0. The van der Waals surface area contributed by atoms with Crippen LogP contribution in [0.4, 0.5) is 13.2 Å². The minimum atomic E-state index is -1.26. The molecule has 2 aromatic rings. The highest BCUT2D eigenvalue weighted by Gasteiger charge is 2.44. The Bertz CT molecular complexity index is 912. The number of benzene rings is 2. The van der Waals surface area contributed by atoms with Crippen LogP contribution in [-0.4, -0.2) is 67.1 Å². The quantitative estimate of drug-likeness (QED) is 0.652. The maximum absolute atomic E-state index is 14.0. The van der Waals surface area contributed by atoms with Crippen LogP contribution in [0.3, 0.4) is 0 Å². The van der Waals surface area contributed by atoms with Crippen molar-refractivity contribution in [3.63, 3.8) is 0 Å². The van der Waals surface area contributed by atoms with Gasteiger partial charge in [0.25, 0.3) is 0 Å². The molecule has 1 aliphatic heterocycles. The zero-order valence-corrected chi connectivity index (χ0v) is 18.0. The Morgan fingerprint density at radius 1 is 1.16 bits per heavy atom. The predicted octanol–water partition coefficient (Wildman–Crippen LogP) is 2.74. The molecule has 5 nitrogen and oxygen atoms in total. The summed E-state index contributed by atoms with van der Waals surface area (Å²) in [5.41, 5.74) is -0.494. The van der Waals surface area contributed by atoms with Crippen LogP contribution in [0.1, 0.15) is 17.5 Å². The first-order valence-electron chi connectivity index (χ1n) is 10.2. The van der Waals surface area contributed by atoms with Gasteiger partial charge in [0.2, 0.25) is 0 Å². The number of nitrogens with zero attached hydrogens (tertiary/aromatic N) is 2. The lowest BCUT2D eigenvalue weighted by molar-refractivity contribution is -0.120. The lowest BCUT2D eigenvalue weighted by Gasteiger charge is -2.47. The number of hydrogen-bond acceptors (Lipinski definition) is 5. The lowest BCUT2D eigenvalue weighted by atomic mass is 9.75. The molecule has 0 radical (unpaired) electrons. The first kappa shape index (κ1) is 23.5. The predicted molar refractivity (Wildman–Crippen MR) is 111 cm³/mol. The van der Waals surface area contributed by atoms with E-state index in [1.165, 1.54) is 0 Å². The van der Waals surface area contributed by atoms with Crippen molar-refractivity contribution in [1.29, 1.82) is 0 Å². The second-order valence-electron chi connectivity index (χ2n) is 8.40. The molecule has 2 aromatic carbocycles. The molecule has 0 amide bonds. The number of aliphatic hydroxyl groups is 2. The van der Waals surface area contributed by atoms with E-state index in [-0.39, 0.29) is 17.9 Å². The molecule has 0 spiro atoms. The number of rotatable bonds is 7. The average molecular weight is 438 g/mol. The highest BCUT2D eigenvalue weighted by atomic mass is 19.2. The van der Waals surface area contributed by atoms with Gasteiger partial charge in [0, 0.05) is 38.0 Å². The van der Waals surface area contributed by atoms with Crippen LogP contribution in [-0.2, 0) is 12.0 Å². The molecule has 1 aliphatic rings. The second kappa shape index (κ2) is 9.56. The summed E-state index contributed by atoms with van der Waals surface area (Å²) >= 11 is 0. The van der Waals surface area contributed by atoms with Crippen molar-refractivity contribution in [3.05, 3.63) is 65.0 Å². The summed E-state index contributed by atoms with van der Waals surface area (Å²) in [7, 11) is 5.37. The molecule has 8 heteroatoms. The van der Waals surface area contributed by atoms with Gasteiger partial charge in [-0.15, -0.1) is 0 Å². The number of halogens is 3. The summed E-state index contributed by atoms with van der Waals surface area (Å²) in [6.45, 7) is 1.25. The van der Waals surface area contributed by atoms with Crippen molar-refractivity contribution >= 4 is 0 Å². The van der Waals surface area contributed by atoms with Gasteiger partial charge in [-0.2, -0.15) is 0 Å². The van der Waals surface area contributed by atoms with Crippen LogP contribution in [0.5, 0.6) is 5.75 Å². The van der Waals surface area contributed by atoms with Crippen LogP contribution in [0, 0.1) is 23.4 Å². The fourth-order valence-corrected chi connectivity index (χ4v) is 4.28. The zero-order valence-electron chi connectivity index (χ0n) is 18.0.